The first-order chi connectivity index (χ1) is 9.28. The zero-order valence-electron chi connectivity index (χ0n) is 12.0. The molecule has 2 fully saturated rings. The van der Waals surface area contributed by atoms with E-state index in [1.54, 1.807) is 5.56 Å². The fraction of sp³-hybridized carbons (Fsp3) is 0.647. The Morgan fingerprint density at radius 3 is 2.74 bits per heavy atom. The van der Waals surface area contributed by atoms with Gasteiger partial charge < -0.3 is 5.73 Å². The van der Waals surface area contributed by atoms with Gasteiger partial charge in [0.2, 0.25) is 0 Å². The SMILES string of the molecule is CC1CCN(Cc2ccccc2C2CC2)C(CN)C1. The maximum Gasteiger partial charge on any atom is 0.0240 e. The molecule has 2 nitrogen and oxygen atoms in total. The summed E-state index contributed by atoms with van der Waals surface area (Å²) in [5.41, 5.74) is 9.11. The summed E-state index contributed by atoms with van der Waals surface area (Å²) in [6, 6.07) is 9.60. The van der Waals surface area contributed by atoms with Crippen molar-refractivity contribution in [1.29, 1.82) is 0 Å². The predicted octanol–water partition coefficient (Wildman–Crippen LogP) is 3.12. The molecule has 0 radical (unpaired) electrons. The zero-order valence-corrected chi connectivity index (χ0v) is 12.0. The molecule has 0 aromatic heterocycles. The molecule has 1 aliphatic heterocycles. The zero-order chi connectivity index (χ0) is 13.2. The second kappa shape index (κ2) is 5.64. The van der Waals surface area contributed by atoms with Crippen molar-refractivity contribution in [2.45, 2.75) is 51.1 Å². The predicted molar refractivity (Wildman–Crippen MR) is 80.1 cm³/mol. The van der Waals surface area contributed by atoms with Gasteiger partial charge in [-0.1, -0.05) is 31.2 Å². The highest BCUT2D eigenvalue weighted by atomic mass is 15.2. The Hall–Kier alpha value is -0.860. The van der Waals surface area contributed by atoms with Gasteiger partial charge >= 0.3 is 0 Å². The summed E-state index contributed by atoms with van der Waals surface area (Å²) in [5.74, 6) is 1.68. The van der Waals surface area contributed by atoms with E-state index >= 15 is 0 Å². The summed E-state index contributed by atoms with van der Waals surface area (Å²) in [6.07, 6.45) is 5.35. The van der Waals surface area contributed by atoms with Crippen molar-refractivity contribution in [2.24, 2.45) is 11.7 Å². The van der Waals surface area contributed by atoms with Crippen LogP contribution in [0.15, 0.2) is 24.3 Å². The van der Waals surface area contributed by atoms with Gasteiger partial charge in [0, 0.05) is 19.1 Å². The lowest BCUT2D eigenvalue weighted by Gasteiger charge is -2.38. The highest BCUT2D eigenvalue weighted by Gasteiger charge is 2.29. The smallest absolute Gasteiger partial charge is 0.0240 e. The molecule has 3 rings (SSSR count). The molecule has 0 spiro atoms. The average Bonchev–Trinajstić information content (AvgIpc) is 3.26. The van der Waals surface area contributed by atoms with Crippen molar-refractivity contribution in [3.8, 4) is 0 Å². The number of rotatable bonds is 4. The topological polar surface area (TPSA) is 29.3 Å². The highest BCUT2D eigenvalue weighted by molar-refractivity contribution is 5.33. The van der Waals surface area contributed by atoms with Gasteiger partial charge in [0.25, 0.3) is 0 Å². The monoisotopic (exact) mass is 258 g/mol. The van der Waals surface area contributed by atoms with Gasteiger partial charge in [0.05, 0.1) is 0 Å². The van der Waals surface area contributed by atoms with Crippen LogP contribution in [0.5, 0.6) is 0 Å². The highest BCUT2D eigenvalue weighted by Crippen LogP contribution is 2.42. The van der Waals surface area contributed by atoms with E-state index in [1.165, 1.54) is 37.8 Å². The largest absolute Gasteiger partial charge is 0.329 e. The Balaban J connectivity index is 1.73. The van der Waals surface area contributed by atoms with Crippen LogP contribution in [-0.4, -0.2) is 24.0 Å². The molecular weight excluding hydrogens is 232 g/mol. The first-order valence-electron chi connectivity index (χ1n) is 7.80. The molecule has 1 aromatic rings. The molecule has 1 aliphatic carbocycles. The van der Waals surface area contributed by atoms with Crippen LogP contribution in [0.25, 0.3) is 0 Å². The maximum absolute atomic E-state index is 5.98. The molecule has 2 unspecified atom stereocenters. The van der Waals surface area contributed by atoms with E-state index in [4.69, 9.17) is 5.73 Å². The molecule has 1 heterocycles. The van der Waals surface area contributed by atoms with Crippen LogP contribution in [0.2, 0.25) is 0 Å². The Morgan fingerprint density at radius 1 is 1.21 bits per heavy atom. The molecule has 1 saturated carbocycles. The van der Waals surface area contributed by atoms with E-state index in [1.807, 2.05) is 0 Å². The van der Waals surface area contributed by atoms with Crippen LogP contribution >= 0.6 is 0 Å². The van der Waals surface area contributed by atoms with Crippen LogP contribution in [0.1, 0.15) is 49.7 Å². The number of piperidine rings is 1. The van der Waals surface area contributed by atoms with Crippen LogP contribution < -0.4 is 5.73 Å². The van der Waals surface area contributed by atoms with Crippen molar-refractivity contribution in [1.82, 2.24) is 4.90 Å². The molecule has 104 valence electrons. The summed E-state index contributed by atoms with van der Waals surface area (Å²) in [7, 11) is 0. The molecule has 0 amide bonds. The summed E-state index contributed by atoms with van der Waals surface area (Å²) in [5, 5.41) is 0. The lowest BCUT2D eigenvalue weighted by atomic mass is 9.91. The number of nitrogens with zero attached hydrogens (tertiary/aromatic N) is 1. The average molecular weight is 258 g/mol. The Labute approximate surface area is 117 Å². The molecular formula is C17H26N2. The minimum atomic E-state index is 0.580. The van der Waals surface area contributed by atoms with Gasteiger partial charge in [0.15, 0.2) is 0 Å². The van der Waals surface area contributed by atoms with Crippen molar-refractivity contribution in [3.05, 3.63) is 35.4 Å². The van der Waals surface area contributed by atoms with Gasteiger partial charge in [-0.2, -0.15) is 0 Å². The van der Waals surface area contributed by atoms with E-state index in [0.717, 1.165) is 24.9 Å². The van der Waals surface area contributed by atoms with E-state index in [-0.39, 0.29) is 0 Å². The Kier molecular flexibility index (Phi) is 3.90. The van der Waals surface area contributed by atoms with E-state index < -0.39 is 0 Å². The second-order valence-electron chi connectivity index (χ2n) is 6.46. The summed E-state index contributed by atoms with van der Waals surface area (Å²) < 4.78 is 0. The van der Waals surface area contributed by atoms with Crippen molar-refractivity contribution in [2.75, 3.05) is 13.1 Å². The Bertz CT molecular complexity index is 425. The quantitative estimate of drug-likeness (QED) is 0.899. The van der Waals surface area contributed by atoms with E-state index in [2.05, 4.69) is 36.1 Å². The molecule has 1 saturated heterocycles. The third-order valence-corrected chi connectivity index (χ3v) is 4.82. The number of hydrogen-bond acceptors (Lipinski definition) is 2. The minimum Gasteiger partial charge on any atom is -0.329 e. The van der Waals surface area contributed by atoms with Crippen molar-refractivity contribution < 1.29 is 0 Å². The van der Waals surface area contributed by atoms with E-state index in [9.17, 15) is 0 Å². The number of benzene rings is 1. The summed E-state index contributed by atoms with van der Waals surface area (Å²) in [4.78, 5) is 2.61. The number of hydrogen-bond donors (Lipinski definition) is 1. The van der Waals surface area contributed by atoms with Gasteiger partial charge in [-0.3, -0.25) is 4.90 Å². The molecule has 0 bridgehead atoms. The minimum absolute atomic E-state index is 0.580. The molecule has 19 heavy (non-hydrogen) atoms. The number of nitrogens with two attached hydrogens (primary N) is 1. The molecule has 2 aliphatic rings. The van der Waals surface area contributed by atoms with E-state index in [0.29, 0.717) is 6.04 Å². The fourth-order valence-electron chi connectivity index (χ4n) is 3.44. The van der Waals surface area contributed by atoms with Crippen LogP contribution in [0, 0.1) is 5.92 Å². The fourth-order valence-corrected chi connectivity index (χ4v) is 3.44. The van der Waals surface area contributed by atoms with Crippen molar-refractivity contribution in [3.63, 3.8) is 0 Å². The Morgan fingerprint density at radius 2 is 2.00 bits per heavy atom. The number of likely N-dealkylation sites (tertiary alicyclic amines) is 1. The molecule has 2 heteroatoms. The van der Waals surface area contributed by atoms with Crippen LogP contribution in [0.4, 0.5) is 0 Å². The molecule has 2 N–H and O–H groups in total. The third-order valence-electron chi connectivity index (χ3n) is 4.82. The van der Waals surface area contributed by atoms with Gasteiger partial charge in [0.1, 0.15) is 0 Å². The normalized spacial score (nSPS) is 28.5. The summed E-state index contributed by atoms with van der Waals surface area (Å²) in [6.45, 7) is 5.47. The van der Waals surface area contributed by atoms with Gasteiger partial charge in [-0.05, 0) is 55.2 Å². The van der Waals surface area contributed by atoms with Gasteiger partial charge in [-0.25, -0.2) is 0 Å². The van der Waals surface area contributed by atoms with Crippen LogP contribution in [0.3, 0.4) is 0 Å². The summed E-state index contributed by atoms with van der Waals surface area (Å²) >= 11 is 0. The molecule has 2 atom stereocenters. The van der Waals surface area contributed by atoms with Gasteiger partial charge in [-0.15, -0.1) is 0 Å². The third kappa shape index (κ3) is 3.01. The lowest BCUT2D eigenvalue weighted by Crippen LogP contribution is -2.45. The van der Waals surface area contributed by atoms with Crippen LogP contribution in [-0.2, 0) is 6.54 Å². The maximum atomic E-state index is 5.98. The standard InChI is InChI=1S/C17H26N2/c1-13-8-9-19(16(10-13)11-18)12-15-4-2-3-5-17(15)14-6-7-14/h2-5,13-14,16H,6-12,18H2,1H3. The lowest BCUT2D eigenvalue weighted by molar-refractivity contribution is 0.115. The first-order valence-corrected chi connectivity index (χ1v) is 7.80. The van der Waals surface area contributed by atoms with Crippen molar-refractivity contribution >= 4 is 0 Å². The first kappa shape index (κ1) is 13.1. The second-order valence-corrected chi connectivity index (χ2v) is 6.46. The molecule has 1 aromatic carbocycles.